The first-order valence-corrected chi connectivity index (χ1v) is 7.50. The van der Waals surface area contributed by atoms with E-state index in [0.29, 0.717) is 19.3 Å². The molecule has 2 aliphatic carbocycles. The smallest absolute Gasteiger partial charge is 0.407 e. The second-order valence-corrected chi connectivity index (χ2v) is 6.61. The minimum absolute atomic E-state index is 0.0732. The van der Waals surface area contributed by atoms with Gasteiger partial charge in [0.1, 0.15) is 5.60 Å². The molecule has 2 fully saturated rings. The Balaban J connectivity index is 0.000000425. The van der Waals surface area contributed by atoms with Gasteiger partial charge in [-0.3, -0.25) is 4.79 Å². The van der Waals surface area contributed by atoms with Crippen molar-refractivity contribution >= 4 is 12.1 Å². The minimum Gasteiger partial charge on any atom is -0.481 e. The minimum atomic E-state index is -0.784. The van der Waals surface area contributed by atoms with E-state index in [1.54, 1.807) is 20.8 Å². The highest BCUT2D eigenvalue weighted by atomic mass is 16.6. The summed E-state index contributed by atoms with van der Waals surface area (Å²) >= 11 is 0. The number of amides is 1. The number of hydrogen-bond donors (Lipinski definition) is 2. The number of aliphatic carboxylic acids is 1. The van der Waals surface area contributed by atoms with Gasteiger partial charge >= 0.3 is 12.1 Å². The van der Waals surface area contributed by atoms with Crippen LogP contribution in [-0.4, -0.2) is 28.8 Å². The number of ether oxygens (including phenoxy) is 1. The molecule has 20 heavy (non-hydrogen) atoms. The largest absolute Gasteiger partial charge is 0.481 e. The topological polar surface area (TPSA) is 75.6 Å². The van der Waals surface area contributed by atoms with E-state index in [-0.39, 0.29) is 12.0 Å². The number of hydrogen-bond acceptors (Lipinski definition) is 3. The summed E-state index contributed by atoms with van der Waals surface area (Å²) in [6.45, 7) is 5.38. The van der Waals surface area contributed by atoms with E-state index < -0.39 is 17.7 Å². The lowest BCUT2D eigenvalue weighted by Gasteiger charge is -2.21. The van der Waals surface area contributed by atoms with E-state index in [4.69, 9.17) is 9.84 Å². The Labute approximate surface area is 121 Å². The van der Waals surface area contributed by atoms with E-state index in [9.17, 15) is 9.59 Å². The number of carboxylic acid groups (broad SMARTS) is 1. The highest BCUT2D eigenvalue weighted by Gasteiger charge is 2.31. The molecule has 2 aliphatic rings. The SMILES string of the molecule is C1CCC1.CC(C)(C)OC(=O)NC1CCC(C(=O)O)C1. The average Bonchev–Trinajstić information content (AvgIpc) is 2.59. The summed E-state index contributed by atoms with van der Waals surface area (Å²) in [7, 11) is 0. The van der Waals surface area contributed by atoms with Gasteiger partial charge in [0, 0.05) is 6.04 Å². The van der Waals surface area contributed by atoms with Gasteiger partial charge in [0.2, 0.25) is 0 Å². The predicted octanol–water partition coefficient (Wildman–Crippen LogP) is 3.32. The molecule has 0 aromatic heterocycles. The maximum absolute atomic E-state index is 11.4. The molecule has 0 aromatic carbocycles. The lowest BCUT2D eigenvalue weighted by atomic mass is 10.0. The summed E-state index contributed by atoms with van der Waals surface area (Å²) in [6.07, 6.45) is 7.35. The zero-order valence-corrected chi connectivity index (χ0v) is 12.8. The summed E-state index contributed by atoms with van der Waals surface area (Å²) in [6, 6.07) is -0.0732. The van der Waals surface area contributed by atoms with Crippen molar-refractivity contribution in [2.45, 2.75) is 77.4 Å². The third-order valence-corrected chi connectivity index (χ3v) is 3.50. The molecule has 0 aromatic rings. The van der Waals surface area contributed by atoms with Crippen molar-refractivity contribution in [2.75, 3.05) is 0 Å². The summed E-state index contributed by atoms with van der Waals surface area (Å²) in [4.78, 5) is 22.1. The van der Waals surface area contributed by atoms with E-state index in [2.05, 4.69) is 5.32 Å². The van der Waals surface area contributed by atoms with E-state index in [0.717, 1.165) is 0 Å². The second-order valence-electron chi connectivity index (χ2n) is 6.61. The fourth-order valence-corrected chi connectivity index (χ4v) is 2.06. The summed E-state index contributed by atoms with van der Waals surface area (Å²) in [5.41, 5.74) is -0.519. The van der Waals surface area contributed by atoms with Gasteiger partial charge in [-0.25, -0.2) is 4.79 Å². The molecule has 5 heteroatoms. The molecule has 2 atom stereocenters. The second kappa shape index (κ2) is 7.50. The fourth-order valence-electron chi connectivity index (χ4n) is 2.06. The van der Waals surface area contributed by atoms with Crippen LogP contribution >= 0.6 is 0 Å². The Hall–Kier alpha value is -1.26. The number of nitrogens with one attached hydrogen (secondary N) is 1. The first kappa shape index (κ1) is 16.8. The van der Waals surface area contributed by atoms with Gasteiger partial charge in [-0.2, -0.15) is 0 Å². The molecule has 1 amide bonds. The van der Waals surface area contributed by atoms with Crippen LogP contribution in [0.15, 0.2) is 0 Å². The molecule has 0 aliphatic heterocycles. The summed E-state index contributed by atoms with van der Waals surface area (Å²) in [5.74, 6) is -1.12. The molecule has 2 rings (SSSR count). The molecule has 0 bridgehead atoms. The van der Waals surface area contributed by atoms with Crippen LogP contribution in [-0.2, 0) is 9.53 Å². The van der Waals surface area contributed by atoms with Crippen molar-refractivity contribution in [2.24, 2.45) is 5.92 Å². The van der Waals surface area contributed by atoms with Gasteiger partial charge in [0.15, 0.2) is 0 Å². The van der Waals surface area contributed by atoms with Crippen molar-refractivity contribution in [1.29, 1.82) is 0 Å². The van der Waals surface area contributed by atoms with Crippen LogP contribution in [0.25, 0.3) is 0 Å². The number of carbonyl (C=O) groups excluding carboxylic acids is 1. The molecular weight excluding hydrogens is 258 g/mol. The average molecular weight is 285 g/mol. The Morgan fingerprint density at radius 1 is 1.10 bits per heavy atom. The Morgan fingerprint density at radius 2 is 1.65 bits per heavy atom. The lowest BCUT2D eigenvalue weighted by Crippen LogP contribution is -2.38. The number of carbonyl (C=O) groups is 2. The fraction of sp³-hybridized carbons (Fsp3) is 0.867. The van der Waals surface area contributed by atoms with Crippen molar-refractivity contribution in [3.05, 3.63) is 0 Å². The van der Waals surface area contributed by atoms with Crippen molar-refractivity contribution in [3.8, 4) is 0 Å². The van der Waals surface area contributed by atoms with Crippen LogP contribution in [0, 0.1) is 5.92 Å². The Kier molecular flexibility index (Phi) is 6.30. The van der Waals surface area contributed by atoms with Crippen LogP contribution < -0.4 is 5.32 Å². The summed E-state index contributed by atoms with van der Waals surface area (Å²) < 4.78 is 5.10. The first-order valence-electron chi connectivity index (χ1n) is 7.50. The normalized spacial score (nSPS) is 24.9. The van der Waals surface area contributed by atoms with Gasteiger partial charge in [-0.1, -0.05) is 25.7 Å². The van der Waals surface area contributed by atoms with E-state index in [1.807, 2.05) is 0 Å². The zero-order chi connectivity index (χ0) is 15.2. The molecule has 0 heterocycles. The number of alkyl carbamates (subject to hydrolysis) is 1. The van der Waals surface area contributed by atoms with Crippen molar-refractivity contribution < 1.29 is 19.4 Å². The molecule has 5 nitrogen and oxygen atoms in total. The van der Waals surface area contributed by atoms with Crippen LogP contribution in [0.2, 0.25) is 0 Å². The summed E-state index contributed by atoms with van der Waals surface area (Å²) in [5, 5.41) is 11.5. The predicted molar refractivity (Wildman–Crippen MR) is 76.6 cm³/mol. The molecule has 0 radical (unpaired) electrons. The van der Waals surface area contributed by atoms with Gasteiger partial charge < -0.3 is 15.2 Å². The number of carboxylic acids is 1. The molecule has 2 N–H and O–H groups in total. The molecule has 116 valence electrons. The number of rotatable bonds is 2. The molecule has 2 unspecified atom stereocenters. The third kappa shape index (κ3) is 6.78. The van der Waals surface area contributed by atoms with Crippen LogP contribution in [0.1, 0.15) is 65.7 Å². The quantitative estimate of drug-likeness (QED) is 0.816. The van der Waals surface area contributed by atoms with Crippen LogP contribution in [0.5, 0.6) is 0 Å². The monoisotopic (exact) mass is 285 g/mol. The maximum Gasteiger partial charge on any atom is 0.407 e. The molecule has 0 saturated heterocycles. The highest BCUT2D eigenvalue weighted by molar-refractivity contribution is 5.71. The molecule has 0 spiro atoms. The molecular formula is C15H27NO4. The highest BCUT2D eigenvalue weighted by Crippen LogP contribution is 2.25. The Morgan fingerprint density at radius 3 is 2.00 bits per heavy atom. The Bertz CT molecular complexity index is 327. The van der Waals surface area contributed by atoms with Gasteiger partial charge in [-0.05, 0) is 40.0 Å². The maximum atomic E-state index is 11.4. The zero-order valence-electron chi connectivity index (χ0n) is 12.8. The third-order valence-electron chi connectivity index (χ3n) is 3.50. The van der Waals surface area contributed by atoms with Crippen LogP contribution in [0.3, 0.4) is 0 Å². The van der Waals surface area contributed by atoms with Gasteiger partial charge in [0.05, 0.1) is 5.92 Å². The van der Waals surface area contributed by atoms with Crippen LogP contribution in [0.4, 0.5) is 4.79 Å². The first-order chi connectivity index (χ1) is 9.28. The molecule has 2 saturated carbocycles. The van der Waals surface area contributed by atoms with Crippen molar-refractivity contribution in [3.63, 3.8) is 0 Å². The van der Waals surface area contributed by atoms with Gasteiger partial charge in [-0.15, -0.1) is 0 Å². The lowest BCUT2D eigenvalue weighted by molar-refractivity contribution is -0.141. The standard InChI is InChI=1S/C11H19NO4.C4H8/c1-11(2,3)16-10(15)12-8-5-4-7(6-8)9(13)14;1-2-4-3-1/h7-8H,4-6H2,1-3H3,(H,12,15)(H,13,14);1-4H2. The van der Waals surface area contributed by atoms with Gasteiger partial charge in [0.25, 0.3) is 0 Å². The van der Waals surface area contributed by atoms with Crippen molar-refractivity contribution in [1.82, 2.24) is 5.32 Å². The van der Waals surface area contributed by atoms with E-state index >= 15 is 0 Å². The van der Waals surface area contributed by atoms with E-state index in [1.165, 1.54) is 25.7 Å².